The molecule has 1 heterocycles. The molecule has 0 aliphatic carbocycles. The third-order valence-electron chi connectivity index (χ3n) is 3.00. The number of nitrogens with one attached hydrogen (secondary N) is 1. The average Bonchev–Trinajstić information content (AvgIpc) is 2.81. The highest BCUT2D eigenvalue weighted by Gasteiger charge is 2.27. The summed E-state index contributed by atoms with van der Waals surface area (Å²) >= 11 is 1.47. The van der Waals surface area contributed by atoms with Crippen molar-refractivity contribution in [2.75, 3.05) is 6.61 Å². The highest BCUT2D eigenvalue weighted by molar-refractivity contribution is 7.10. The van der Waals surface area contributed by atoms with E-state index in [4.69, 9.17) is 10.8 Å². The first-order chi connectivity index (χ1) is 8.02. The van der Waals surface area contributed by atoms with E-state index in [1.165, 1.54) is 11.3 Å². The van der Waals surface area contributed by atoms with Crippen molar-refractivity contribution in [3.63, 3.8) is 0 Å². The highest BCUT2D eigenvalue weighted by atomic mass is 32.1. The van der Waals surface area contributed by atoms with Crippen LogP contribution in [-0.4, -0.2) is 23.2 Å². The zero-order valence-corrected chi connectivity index (χ0v) is 11.1. The molecule has 0 saturated heterocycles. The van der Waals surface area contributed by atoms with Crippen LogP contribution in [0.2, 0.25) is 0 Å². The number of aliphatic hydroxyl groups is 1. The molecule has 0 aliphatic rings. The second-order valence-electron chi connectivity index (χ2n) is 4.37. The highest BCUT2D eigenvalue weighted by Crippen LogP contribution is 2.20. The fourth-order valence-electron chi connectivity index (χ4n) is 1.55. The quantitative estimate of drug-likeness (QED) is 0.720. The summed E-state index contributed by atoms with van der Waals surface area (Å²) in [6.07, 6.45) is 1.29. The molecule has 0 bridgehead atoms. The Morgan fingerprint density at radius 3 is 2.88 bits per heavy atom. The summed E-state index contributed by atoms with van der Waals surface area (Å²) in [4.78, 5) is 12.8. The lowest BCUT2D eigenvalue weighted by atomic mass is 9.94. The standard InChI is InChI=1S/C12H20N2O2S/c1-3-12(2,6-7-15)14-11(16)10(13)9-5-4-8-17-9/h4-5,8,10,15H,3,6-7,13H2,1-2H3,(H,14,16). The van der Waals surface area contributed by atoms with Gasteiger partial charge in [-0.15, -0.1) is 11.3 Å². The smallest absolute Gasteiger partial charge is 0.242 e. The first-order valence-electron chi connectivity index (χ1n) is 5.74. The monoisotopic (exact) mass is 256 g/mol. The topological polar surface area (TPSA) is 75.3 Å². The van der Waals surface area contributed by atoms with Crippen LogP contribution in [-0.2, 0) is 4.79 Å². The van der Waals surface area contributed by atoms with E-state index >= 15 is 0 Å². The lowest BCUT2D eigenvalue weighted by Crippen LogP contribution is -2.49. The zero-order valence-electron chi connectivity index (χ0n) is 10.3. The Hall–Kier alpha value is -0.910. The maximum atomic E-state index is 12.0. The number of hydrogen-bond acceptors (Lipinski definition) is 4. The number of hydrogen-bond donors (Lipinski definition) is 3. The van der Waals surface area contributed by atoms with Crippen LogP contribution in [0.5, 0.6) is 0 Å². The van der Waals surface area contributed by atoms with Gasteiger partial charge in [0.25, 0.3) is 0 Å². The molecule has 1 aromatic heterocycles. The number of nitrogens with two attached hydrogens (primary N) is 1. The fourth-order valence-corrected chi connectivity index (χ4v) is 2.27. The minimum atomic E-state index is -0.625. The molecule has 0 fully saturated rings. The third-order valence-corrected chi connectivity index (χ3v) is 3.96. The average molecular weight is 256 g/mol. The van der Waals surface area contributed by atoms with Crippen molar-refractivity contribution in [3.05, 3.63) is 22.4 Å². The Morgan fingerprint density at radius 1 is 1.71 bits per heavy atom. The SMILES string of the molecule is CCC(C)(CCO)NC(=O)C(N)c1cccs1. The number of rotatable bonds is 6. The van der Waals surface area contributed by atoms with E-state index in [0.717, 1.165) is 11.3 Å². The van der Waals surface area contributed by atoms with E-state index in [2.05, 4.69) is 5.32 Å². The molecule has 0 aliphatic heterocycles. The molecule has 2 atom stereocenters. The lowest BCUT2D eigenvalue weighted by Gasteiger charge is -2.30. The Bertz CT molecular complexity index is 353. The molecule has 0 aromatic carbocycles. The molecule has 1 aromatic rings. The van der Waals surface area contributed by atoms with Gasteiger partial charge in [-0.3, -0.25) is 4.79 Å². The molecular formula is C12H20N2O2S. The number of amides is 1. The molecule has 0 radical (unpaired) electrons. The van der Waals surface area contributed by atoms with Gasteiger partial charge in [0.1, 0.15) is 6.04 Å². The Kier molecular flexibility index (Phi) is 5.11. The van der Waals surface area contributed by atoms with E-state index in [0.29, 0.717) is 6.42 Å². The van der Waals surface area contributed by atoms with Crippen molar-refractivity contribution in [2.45, 2.75) is 38.3 Å². The van der Waals surface area contributed by atoms with Gasteiger partial charge < -0.3 is 16.2 Å². The lowest BCUT2D eigenvalue weighted by molar-refractivity contribution is -0.124. The first kappa shape index (κ1) is 14.2. The molecule has 17 heavy (non-hydrogen) atoms. The van der Waals surface area contributed by atoms with Gasteiger partial charge in [-0.25, -0.2) is 0 Å². The number of carbonyl (C=O) groups excluding carboxylic acids is 1. The minimum absolute atomic E-state index is 0.0544. The van der Waals surface area contributed by atoms with Crippen LogP contribution < -0.4 is 11.1 Å². The number of aliphatic hydroxyl groups excluding tert-OH is 1. The van der Waals surface area contributed by atoms with E-state index < -0.39 is 6.04 Å². The van der Waals surface area contributed by atoms with E-state index in [9.17, 15) is 4.79 Å². The van der Waals surface area contributed by atoms with Crippen molar-refractivity contribution in [1.29, 1.82) is 0 Å². The van der Waals surface area contributed by atoms with Crippen molar-refractivity contribution >= 4 is 17.2 Å². The Labute approximate surface area is 106 Å². The van der Waals surface area contributed by atoms with Gasteiger partial charge >= 0.3 is 0 Å². The van der Waals surface area contributed by atoms with Crippen molar-refractivity contribution in [2.24, 2.45) is 5.73 Å². The van der Waals surface area contributed by atoms with Gasteiger partial charge in [0, 0.05) is 17.0 Å². The normalized spacial score (nSPS) is 16.2. The Morgan fingerprint density at radius 2 is 2.41 bits per heavy atom. The second kappa shape index (κ2) is 6.14. The van der Waals surface area contributed by atoms with Crippen LogP contribution in [0.25, 0.3) is 0 Å². The number of thiophene rings is 1. The summed E-state index contributed by atoms with van der Waals surface area (Å²) in [6.45, 7) is 3.95. The summed E-state index contributed by atoms with van der Waals surface area (Å²) in [6, 6.07) is 3.10. The fraction of sp³-hybridized carbons (Fsp3) is 0.583. The molecule has 96 valence electrons. The maximum absolute atomic E-state index is 12.0. The van der Waals surface area contributed by atoms with Crippen LogP contribution in [0.15, 0.2) is 17.5 Å². The van der Waals surface area contributed by atoms with E-state index in [1.807, 2.05) is 31.4 Å². The predicted molar refractivity (Wildman–Crippen MR) is 69.8 cm³/mol. The van der Waals surface area contributed by atoms with Gasteiger partial charge in [-0.2, -0.15) is 0 Å². The van der Waals surface area contributed by atoms with E-state index in [1.54, 1.807) is 0 Å². The Balaban J connectivity index is 2.65. The van der Waals surface area contributed by atoms with Crippen LogP contribution in [0.3, 0.4) is 0 Å². The molecule has 4 N–H and O–H groups in total. The molecule has 0 saturated carbocycles. The van der Waals surface area contributed by atoms with Crippen molar-refractivity contribution in [3.8, 4) is 0 Å². The molecule has 5 heteroatoms. The molecule has 1 amide bonds. The van der Waals surface area contributed by atoms with Crippen LogP contribution in [0.4, 0.5) is 0 Å². The van der Waals surface area contributed by atoms with Crippen LogP contribution >= 0.6 is 11.3 Å². The summed E-state index contributed by atoms with van der Waals surface area (Å²) in [7, 11) is 0. The van der Waals surface area contributed by atoms with Crippen molar-refractivity contribution in [1.82, 2.24) is 5.32 Å². The summed E-state index contributed by atoms with van der Waals surface area (Å²) in [5.74, 6) is -0.190. The second-order valence-corrected chi connectivity index (χ2v) is 5.35. The number of carbonyl (C=O) groups is 1. The molecule has 2 unspecified atom stereocenters. The van der Waals surface area contributed by atoms with Gasteiger partial charge in [0.05, 0.1) is 0 Å². The molecule has 4 nitrogen and oxygen atoms in total. The van der Waals surface area contributed by atoms with Gasteiger partial charge in [-0.05, 0) is 31.2 Å². The van der Waals surface area contributed by atoms with Crippen LogP contribution in [0, 0.1) is 0 Å². The van der Waals surface area contributed by atoms with Gasteiger partial charge in [0.2, 0.25) is 5.91 Å². The predicted octanol–water partition coefficient (Wildman–Crippen LogP) is 1.42. The van der Waals surface area contributed by atoms with Crippen LogP contribution in [0.1, 0.15) is 37.6 Å². The summed E-state index contributed by atoms with van der Waals surface area (Å²) in [5, 5.41) is 13.8. The summed E-state index contributed by atoms with van der Waals surface area (Å²) in [5.41, 5.74) is 5.49. The van der Waals surface area contributed by atoms with Crippen molar-refractivity contribution < 1.29 is 9.90 Å². The maximum Gasteiger partial charge on any atom is 0.242 e. The minimum Gasteiger partial charge on any atom is -0.396 e. The largest absolute Gasteiger partial charge is 0.396 e. The zero-order chi connectivity index (χ0) is 12.9. The third kappa shape index (κ3) is 3.80. The first-order valence-corrected chi connectivity index (χ1v) is 6.62. The summed E-state index contributed by atoms with van der Waals surface area (Å²) < 4.78 is 0. The molecule has 0 spiro atoms. The van der Waals surface area contributed by atoms with Gasteiger partial charge in [0.15, 0.2) is 0 Å². The van der Waals surface area contributed by atoms with Gasteiger partial charge in [-0.1, -0.05) is 13.0 Å². The van der Waals surface area contributed by atoms with E-state index in [-0.39, 0.29) is 18.1 Å². The molecular weight excluding hydrogens is 236 g/mol. The molecule has 1 rings (SSSR count).